The first-order chi connectivity index (χ1) is 21.0. The molecule has 5 rings (SSSR count). The Morgan fingerprint density at radius 2 is 1.75 bits per heavy atom. The average molecular weight is 623 g/mol. The van der Waals surface area contributed by atoms with Crippen LogP contribution in [0.25, 0.3) is 17.1 Å². The largest absolute Gasteiger partial charge is 0.573 e. The molecule has 1 aromatic heterocycles. The van der Waals surface area contributed by atoms with Crippen LogP contribution in [-0.2, 0) is 0 Å². The molecule has 2 heterocycles. The third-order valence-corrected chi connectivity index (χ3v) is 8.26. The van der Waals surface area contributed by atoms with Crippen molar-refractivity contribution < 1.29 is 22.7 Å². The summed E-state index contributed by atoms with van der Waals surface area (Å²) in [7, 11) is 0. The molecule has 1 saturated heterocycles. The lowest BCUT2D eigenvalue weighted by Crippen LogP contribution is -2.37. The highest BCUT2D eigenvalue weighted by atomic mass is 32.2. The predicted molar refractivity (Wildman–Crippen MR) is 168 cm³/mol. The van der Waals surface area contributed by atoms with Crippen molar-refractivity contribution in [3.63, 3.8) is 0 Å². The number of carbonyl (C=O) groups excluding carboxylic acids is 1. The van der Waals surface area contributed by atoms with Gasteiger partial charge in [0.1, 0.15) is 12.1 Å². The van der Waals surface area contributed by atoms with E-state index < -0.39 is 6.36 Å². The lowest BCUT2D eigenvalue weighted by molar-refractivity contribution is -0.274. The van der Waals surface area contributed by atoms with Gasteiger partial charge in [-0.25, -0.2) is 14.5 Å². The molecule has 44 heavy (non-hydrogen) atoms. The summed E-state index contributed by atoms with van der Waals surface area (Å²) in [6.45, 7) is 9.08. The van der Waals surface area contributed by atoms with E-state index >= 15 is 0 Å². The fourth-order valence-corrected chi connectivity index (χ4v) is 6.27. The number of amidine groups is 1. The third kappa shape index (κ3) is 7.42. The summed E-state index contributed by atoms with van der Waals surface area (Å²) in [6.07, 6.45) is -1.58. The van der Waals surface area contributed by atoms with Crippen LogP contribution in [0.15, 0.2) is 72.0 Å². The van der Waals surface area contributed by atoms with Crippen LogP contribution in [0.5, 0.6) is 5.75 Å². The van der Waals surface area contributed by atoms with Crippen LogP contribution in [0, 0.1) is 20.8 Å². The molecule has 0 radical (unpaired) electrons. The molecule has 1 aliphatic heterocycles. The number of hydrogen-bond acceptors (Lipinski definition) is 5. The number of aromatic nitrogens is 3. The van der Waals surface area contributed by atoms with Gasteiger partial charge in [0.25, 0.3) is 0 Å². The van der Waals surface area contributed by atoms with E-state index in [1.165, 1.54) is 40.8 Å². The monoisotopic (exact) mass is 622 g/mol. The maximum Gasteiger partial charge on any atom is 0.573 e. The second kappa shape index (κ2) is 13.1. The van der Waals surface area contributed by atoms with Gasteiger partial charge in [-0.3, -0.25) is 0 Å². The quantitative estimate of drug-likeness (QED) is 0.225. The van der Waals surface area contributed by atoms with Crippen molar-refractivity contribution in [2.45, 2.75) is 52.9 Å². The summed E-state index contributed by atoms with van der Waals surface area (Å²) in [4.78, 5) is 24.2. The number of aliphatic imine (C=N–C) groups is 1. The molecule has 0 saturated carbocycles. The minimum atomic E-state index is -4.75. The number of urea groups is 1. The Morgan fingerprint density at radius 3 is 2.39 bits per heavy atom. The van der Waals surface area contributed by atoms with Crippen molar-refractivity contribution in [1.29, 1.82) is 0 Å². The van der Waals surface area contributed by atoms with E-state index in [9.17, 15) is 18.0 Å². The van der Waals surface area contributed by atoms with Crippen molar-refractivity contribution >= 4 is 28.6 Å². The zero-order chi connectivity index (χ0) is 31.4. The second-order valence-electron chi connectivity index (χ2n) is 10.6. The van der Waals surface area contributed by atoms with E-state index in [1.54, 1.807) is 11.8 Å². The standard InChI is InChI=1S/C32H33F3N6O2S/c1-5-27(37-30(42)38-31-40(15-6-16-44-31)28-21(3)17-20(2)18-22(28)4)23-7-9-24(10-8-23)29-36-19-41(39-29)25-11-13-26(14-12-25)43-32(33,34)35/h7-14,17-19,27H,5-6,15-16H2,1-4H3,(H,37,42). The van der Waals surface area contributed by atoms with Crippen LogP contribution < -0.4 is 15.0 Å². The van der Waals surface area contributed by atoms with E-state index in [1.807, 2.05) is 31.2 Å². The predicted octanol–water partition coefficient (Wildman–Crippen LogP) is 7.92. The molecule has 0 spiro atoms. The Hall–Kier alpha value is -4.32. The number of nitrogens with one attached hydrogen (secondary N) is 1. The Bertz CT molecular complexity index is 1630. The number of thioether (sulfide) groups is 1. The molecule has 2 amide bonds. The minimum Gasteiger partial charge on any atom is -0.406 e. The third-order valence-electron chi connectivity index (χ3n) is 7.19. The Labute approximate surface area is 258 Å². The molecule has 4 aromatic rings. The highest BCUT2D eigenvalue weighted by Gasteiger charge is 2.31. The number of nitrogens with zero attached hydrogens (tertiary/aromatic N) is 5. The highest BCUT2D eigenvalue weighted by molar-refractivity contribution is 8.14. The molecule has 1 atom stereocenters. The number of rotatable bonds is 7. The van der Waals surface area contributed by atoms with Crippen LogP contribution >= 0.6 is 11.8 Å². The number of alkyl halides is 3. The van der Waals surface area contributed by atoms with Gasteiger partial charge in [-0.2, -0.15) is 4.99 Å². The molecule has 1 N–H and O–H groups in total. The molecule has 1 aliphatic rings. The zero-order valence-electron chi connectivity index (χ0n) is 24.9. The van der Waals surface area contributed by atoms with Gasteiger partial charge in [0, 0.05) is 23.5 Å². The first-order valence-corrected chi connectivity index (χ1v) is 15.2. The summed E-state index contributed by atoms with van der Waals surface area (Å²) in [5.41, 5.74) is 6.86. The van der Waals surface area contributed by atoms with E-state index in [4.69, 9.17) is 0 Å². The maximum atomic E-state index is 13.1. The smallest absolute Gasteiger partial charge is 0.406 e. The molecule has 12 heteroatoms. The Morgan fingerprint density at radius 1 is 1.07 bits per heavy atom. The minimum absolute atomic E-state index is 0.242. The van der Waals surface area contributed by atoms with E-state index in [0.717, 1.165) is 46.7 Å². The van der Waals surface area contributed by atoms with Crippen molar-refractivity contribution in [2.24, 2.45) is 4.99 Å². The summed E-state index contributed by atoms with van der Waals surface area (Å²) in [5, 5.41) is 8.23. The number of hydrogen-bond donors (Lipinski definition) is 1. The number of carbonyl (C=O) groups is 1. The van der Waals surface area contributed by atoms with Gasteiger partial charge in [-0.05, 0) is 74.6 Å². The SMILES string of the molecule is CCC(NC(=O)N=C1SCCCN1c1c(C)cc(C)cc1C)c1ccc(-c2ncn(-c3ccc(OC(F)(F)F)cc3)n2)cc1. The van der Waals surface area contributed by atoms with Crippen LogP contribution in [0.1, 0.15) is 48.1 Å². The molecular weight excluding hydrogens is 589 g/mol. The number of amides is 2. The second-order valence-corrected chi connectivity index (χ2v) is 11.6. The molecule has 3 aromatic carbocycles. The molecule has 0 bridgehead atoms. The molecule has 1 fully saturated rings. The van der Waals surface area contributed by atoms with E-state index in [0.29, 0.717) is 23.1 Å². The number of anilines is 1. The lowest BCUT2D eigenvalue weighted by Gasteiger charge is -2.32. The molecule has 0 aliphatic carbocycles. The molecular formula is C32H33F3N6O2S. The number of halogens is 3. The topological polar surface area (TPSA) is 84.6 Å². The van der Waals surface area contributed by atoms with Gasteiger partial charge in [0.05, 0.1) is 11.7 Å². The number of aryl methyl sites for hydroxylation is 3. The molecule has 1 unspecified atom stereocenters. The maximum absolute atomic E-state index is 13.1. The van der Waals surface area contributed by atoms with Gasteiger partial charge in [-0.15, -0.1) is 18.3 Å². The normalized spacial score (nSPS) is 15.3. The number of ether oxygens (including phenoxy) is 1. The van der Waals surface area contributed by atoms with E-state index in [2.05, 4.69) is 62.9 Å². The van der Waals surface area contributed by atoms with Crippen molar-refractivity contribution in [3.8, 4) is 22.8 Å². The molecule has 230 valence electrons. The van der Waals surface area contributed by atoms with Crippen LogP contribution in [0.2, 0.25) is 0 Å². The highest BCUT2D eigenvalue weighted by Crippen LogP contribution is 2.32. The summed E-state index contributed by atoms with van der Waals surface area (Å²) >= 11 is 1.60. The molecule has 8 nitrogen and oxygen atoms in total. The zero-order valence-corrected chi connectivity index (χ0v) is 25.7. The van der Waals surface area contributed by atoms with Gasteiger partial charge in [-0.1, -0.05) is 60.6 Å². The van der Waals surface area contributed by atoms with E-state index in [-0.39, 0.29) is 17.8 Å². The van der Waals surface area contributed by atoms with Gasteiger partial charge in [0.2, 0.25) is 0 Å². The average Bonchev–Trinajstić information content (AvgIpc) is 3.46. The summed E-state index contributed by atoms with van der Waals surface area (Å²) in [5.74, 6) is 1.05. The van der Waals surface area contributed by atoms with Gasteiger partial charge >= 0.3 is 12.4 Å². The summed E-state index contributed by atoms with van der Waals surface area (Å²) in [6, 6.07) is 16.6. The fourth-order valence-electron chi connectivity index (χ4n) is 5.33. The van der Waals surface area contributed by atoms with Gasteiger partial charge < -0.3 is 15.0 Å². The Kier molecular flexibility index (Phi) is 9.28. The fraction of sp³-hybridized carbons (Fsp3) is 0.312. The summed E-state index contributed by atoms with van der Waals surface area (Å²) < 4.78 is 42.7. The van der Waals surface area contributed by atoms with Crippen LogP contribution in [-0.4, -0.2) is 44.6 Å². The van der Waals surface area contributed by atoms with Crippen LogP contribution in [0.4, 0.5) is 23.7 Å². The lowest BCUT2D eigenvalue weighted by atomic mass is 10.0. The van der Waals surface area contributed by atoms with Crippen LogP contribution in [0.3, 0.4) is 0 Å². The first-order valence-electron chi connectivity index (χ1n) is 14.3. The number of benzene rings is 3. The van der Waals surface area contributed by atoms with Crippen molar-refractivity contribution in [2.75, 3.05) is 17.2 Å². The van der Waals surface area contributed by atoms with Gasteiger partial charge in [0.15, 0.2) is 11.0 Å². The first kappa shape index (κ1) is 31.1. The van der Waals surface area contributed by atoms with Crippen molar-refractivity contribution in [1.82, 2.24) is 20.1 Å². The van der Waals surface area contributed by atoms with Crippen molar-refractivity contribution in [3.05, 3.63) is 89.2 Å². The Balaban J connectivity index is 1.27.